The lowest BCUT2D eigenvalue weighted by molar-refractivity contribution is -0.127. The first-order valence-electron chi connectivity index (χ1n) is 7.06. The van der Waals surface area contributed by atoms with Gasteiger partial charge in [0.1, 0.15) is 0 Å². The van der Waals surface area contributed by atoms with Gasteiger partial charge in [-0.3, -0.25) is 9.59 Å². The zero-order valence-corrected chi connectivity index (χ0v) is 15.0. The fourth-order valence-corrected chi connectivity index (χ4v) is 3.99. The van der Waals surface area contributed by atoms with E-state index in [4.69, 9.17) is 11.6 Å². The van der Waals surface area contributed by atoms with Crippen LogP contribution < -0.4 is 5.32 Å². The largest absolute Gasteiger partial charge is 0.342 e. The summed E-state index contributed by atoms with van der Waals surface area (Å²) in [7, 11) is 0. The Morgan fingerprint density at radius 1 is 1.14 bits per heavy atom. The Bertz CT molecular complexity index is 602. The molecule has 1 aliphatic rings. The van der Waals surface area contributed by atoms with E-state index in [-0.39, 0.29) is 5.78 Å². The third-order valence-electron chi connectivity index (χ3n) is 3.99. The van der Waals surface area contributed by atoms with E-state index in [1.54, 1.807) is 13.8 Å². The molecule has 1 heterocycles. The van der Waals surface area contributed by atoms with Crippen molar-refractivity contribution in [3.63, 3.8) is 0 Å². The van der Waals surface area contributed by atoms with Crippen molar-refractivity contribution in [3.05, 3.63) is 33.3 Å². The molecular formula is C16H19BrClNO2. The van der Waals surface area contributed by atoms with Crippen molar-refractivity contribution in [1.82, 2.24) is 5.32 Å². The molecule has 1 aromatic rings. The van der Waals surface area contributed by atoms with Gasteiger partial charge in [0.15, 0.2) is 5.78 Å². The normalized spacial score (nSPS) is 24.3. The van der Waals surface area contributed by atoms with Crippen LogP contribution in [0.15, 0.2) is 16.6 Å². The highest BCUT2D eigenvalue weighted by atomic mass is 79.9. The number of carbonyl (C=O) groups excluding carboxylic acids is 2. The molecule has 1 N–H and O–H groups in total. The SMILES string of the molecule is CCc1cc(Br)cc(CC)c1C1(Cl)C(=O)NC(C)(C)C1=O. The number of aryl methyl sites for hydroxylation is 2. The Hall–Kier alpha value is -0.870. The summed E-state index contributed by atoms with van der Waals surface area (Å²) in [4.78, 5) is 23.6. The molecule has 0 saturated carbocycles. The van der Waals surface area contributed by atoms with E-state index in [9.17, 15) is 9.59 Å². The number of amides is 1. The molecular weight excluding hydrogens is 354 g/mol. The molecule has 3 nitrogen and oxygen atoms in total. The number of hydrogen-bond donors (Lipinski definition) is 1. The maximum absolute atomic E-state index is 12.8. The van der Waals surface area contributed by atoms with E-state index < -0.39 is 16.3 Å². The van der Waals surface area contributed by atoms with E-state index >= 15 is 0 Å². The summed E-state index contributed by atoms with van der Waals surface area (Å²) in [6.45, 7) is 7.36. The van der Waals surface area contributed by atoms with Gasteiger partial charge in [-0.05, 0) is 55.5 Å². The summed E-state index contributed by atoms with van der Waals surface area (Å²) >= 11 is 10.1. The molecule has 0 aliphatic carbocycles. The topological polar surface area (TPSA) is 46.2 Å². The van der Waals surface area contributed by atoms with Crippen LogP contribution in [0.2, 0.25) is 0 Å². The maximum Gasteiger partial charge on any atom is 0.254 e. The summed E-state index contributed by atoms with van der Waals surface area (Å²) in [6.07, 6.45) is 1.41. The number of Topliss-reactive ketones (excluding diaryl/α,β-unsaturated/α-hetero) is 1. The van der Waals surface area contributed by atoms with Crippen LogP contribution in [-0.4, -0.2) is 17.2 Å². The number of halogens is 2. The number of rotatable bonds is 3. The highest BCUT2D eigenvalue weighted by Crippen LogP contribution is 2.43. The summed E-state index contributed by atoms with van der Waals surface area (Å²) in [6, 6.07) is 3.87. The third kappa shape index (κ3) is 2.42. The molecule has 1 unspecified atom stereocenters. The fourth-order valence-electron chi connectivity index (χ4n) is 2.91. The Morgan fingerprint density at radius 2 is 1.62 bits per heavy atom. The minimum absolute atomic E-state index is 0.284. The first-order chi connectivity index (χ1) is 9.68. The molecule has 114 valence electrons. The van der Waals surface area contributed by atoms with Gasteiger partial charge in [0, 0.05) is 4.47 Å². The lowest BCUT2D eigenvalue weighted by atomic mass is 9.82. The fraction of sp³-hybridized carbons (Fsp3) is 0.500. The summed E-state index contributed by atoms with van der Waals surface area (Å²) < 4.78 is 0.935. The second-order valence-corrected chi connectivity index (χ2v) is 7.36. The van der Waals surface area contributed by atoms with Gasteiger partial charge in [0.2, 0.25) is 4.87 Å². The second-order valence-electron chi connectivity index (χ2n) is 5.87. The van der Waals surface area contributed by atoms with Crippen molar-refractivity contribution in [3.8, 4) is 0 Å². The number of ketones is 1. The number of nitrogens with one attached hydrogen (secondary N) is 1. The van der Waals surface area contributed by atoms with Gasteiger partial charge in [-0.25, -0.2) is 0 Å². The van der Waals surface area contributed by atoms with Crippen molar-refractivity contribution < 1.29 is 9.59 Å². The van der Waals surface area contributed by atoms with E-state index in [1.165, 1.54) is 0 Å². The monoisotopic (exact) mass is 371 g/mol. The van der Waals surface area contributed by atoms with E-state index in [0.717, 1.165) is 15.6 Å². The number of alkyl halides is 1. The van der Waals surface area contributed by atoms with E-state index in [2.05, 4.69) is 21.2 Å². The van der Waals surface area contributed by atoms with E-state index in [0.29, 0.717) is 18.4 Å². The molecule has 1 saturated heterocycles. The molecule has 1 fully saturated rings. The van der Waals surface area contributed by atoms with Crippen molar-refractivity contribution in [2.45, 2.75) is 50.9 Å². The van der Waals surface area contributed by atoms with Crippen molar-refractivity contribution in [1.29, 1.82) is 0 Å². The van der Waals surface area contributed by atoms with Crippen LogP contribution in [0.4, 0.5) is 0 Å². The molecule has 0 aromatic heterocycles. The van der Waals surface area contributed by atoms with Crippen molar-refractivity contribution in [2.24, 2.45) is 0 Å². The zero-order valence-electron chi connectivity index (χ0n) is 12.6. The smallest absolute Gasteiger partial charge is 0.254 e. The molecule has 21 heavy (non-hydrogen) atoms. The number of carbonyl (C=O) groups is 2. The lowest BCUT2D eigenvalue weighted by Gasteiger charge is -2.25. The molecule has 1 atom stereocenters. The average Bonchev–Trinajstić information content (AvgIpc) is 2.58. The Kier molecular flexibility index (Phi) is 4.24. The van der Waals surface area contributed by atoms with E-state index in [1.807, 2.05) is 26.0 Å². The van der Waals surface area contributed by atoms with Gasteiger partial charge < -0.3 is 5.32 Å². The van der Waals surface area contributed by atoms with Crippen LogP contribution >= 0.6 is 27.5 Å². The molecule has 0 radical (unpaired) electrons. The van der Waals surface area contributed by atoms with Gasteiger partial charge in [-0.1, -0.05) is 41.4 Å². The summed E-state index contributed by atoms with van der Waals surface area (Å²) in [5.41, 5.74) is 1.57. The van der Waals surface area contributed by atoms with Crippen LogP contribution in [0.25, 0.3) is 0 Å². The molecule has 0 spiro atoms. The van der Waals surface area contributed by atoms with Gasteiger partial charge in [0.05, 0.1) is 5.54 Å². The van der Waals surface area contributed by atoms with Crippen LogP contribution in [0, 0.1) is 0 Å². The standard InChI is InChI=1S/C16H19BrClNO2/c1-5-9-7-11(17)8-10(6-2)12(9)16(18)13(20)15(3,4)19-14(16)21/h7-8H,5-6H2,1-4H3,(H,19,21). The quantitative estimate of drug-likeness (QED) is 0.652. The van der Waals surface area contributed by atoms with Crippen molar-refractivity contribution in [2.75, 3.05) is 0 Å². The molecule has 0 bridgehead atoms. The minimum atomic E-state index is -1.62. The predicted molar refractivity (Wildman–Crippen MR) is 87.7 cm³/mol. The van der Waals surface area contributed by atoms with Gasteiger partial charge in [0.25, 0.3) is 5.91 Å². The Balaban J connectivity index is 2.76. The zero-order chi connectivity index (χ0) is 16.0. The van der Waals surface area contributed by atoms with Crippen LogP contribution in [0.1, 0.15) is 44.4 Å². The Labute approximate surface area is 138 Å². The van der Waals surface area contributed by atoms with Gasteiger partial charge in [-0.2, -0.15) is 0 Å². The lowest BCUT2D eigenvalue weighted by Crippen LogP contribution is -2.41. The van der Waals surface area contributed by atoms with Crippen LogP contribution in [-0.2, 0) is 27.3 Å². The highest BCUT2D eigenvalue weighted by molar-refractivity contribution is 9.10. The minimum Gasteiger partial charge on any atom is -0.342 e. The second kappa shape index (κ2) is 5.40. The molecule has 2 rings (SSSR count). The molecule has 1 amide bonds. The number of hydrogen-bond acceptors (Lipinski definition) is 2. The van der Waals surface area contributed by atoms with Gasteiger partial charge in [-0.15, -0.1) is 0 Å². The van der Waals surface area contributed by atoms with Gasteiger partial charge >= 0.3 is 0 Å². The predicted octanol–water partition coefficient (Wildman–Crippen LogP) is 3.49. The molecule has 1 aliphatic heterocycles. The molecule has 5 heteroatoms. The molecule has 1 aromatic carbocycles. The summed E-state index contributed by atoms with van der Waals surface area (Å²) in [5, 5.41) is 2.72. The third-order valence-corrected chi connectivity index (χ3v) is 4.98. The summed E-state index contributed by atoms with van der Waals surface area (Å²) in [5.74, 6) is -0.709. The van der Waals surface area contributed by atoms with Crippen molar-refractivity contribution >= 4 is 39.2 Å². The number of benzene rings is 1. The highest BCUT2D eigenvalue weighted by Gasteiger charge is 2.59. The first-order valence-corrected chi connectivity index (χ1v) is 8.23. The first kappa shape index (κ1) is 16.5. The van der Waals surface area contributed by atoms with Crippen LogP contribution in [0.3, 0.4) is 0 Å². The maximum atomic E-state index is 12.8. The van der Waals surface area contributed by atoms with Crippen LogP contribution in [0.5, 0.6) is 0 Å². The average molecular weight is 373 g/mol. The Morgan fingerprint density at radius 3 is 1.95 bits per heavy atom.